The zero-order valence-corrected chi connectivity index (χ0v) is 11.8. The number of carbonyl (C=O) groups excluding carboxylic acids is 2. The van der Waals surface area contributed by atoms with E-state index in [-0.39, 0.29) is 31.2 Å². The summed E-state index contributed by atoms with van der Waals surface area (Å²) in [6.45, 7) is 1.41. The average molecular weight is 296 g/mol. The van der Waals surface area contributed by atoms with Crippen LogP contribution in [0.5, 0.6) is 5.75 Å². The van der Waals surface area contributed by atoms with Crippen molar-refractivity contribution in [2.75, 3.05) is 26.8 Å². The fourth-order valence-corrected chi connectivity index (χ4v) is 1.43. The highest BCUT2D eigenvalue weighted by Gasteiger charge is 2.15. The summed E-state index contributed by atoms with van der Waals surface area (Å²) in [7, 11) is 1.44. The molecular formula is C13H16N2O6. The van der Waals surface area contributed by atoms with Crippen LogP contribution < -0.4 is 4.74 Å². The Kier molecular flexibility index (Phi) is 6.12. The number of nitro groups is 1. The summed E-state index contributed by atoms with van der Waals surface area (Å²) >= 11 is 0. The summed E-state index contributed by atoms with van der Waals surface area (Å²) in [5, 5.41) is 10.6. The van der Waals surface area contributed by atoms with Gasteiger partial charge in [0.1, 0.15) is 12.3 Å². The highest BCUT2D eigenvalue weighted by atomic mass is 16.6. The van der Waals surface area contributed by atoms with Crippen molar-refractivity contribution < 1.29 is 24.0 Å². The topological polar surface area (TPSA) is 99.0 Å². The molecule has 0 aromatic heterocycles. The molecule has 0 heterocycles. The number of non-ortho nitro benzene ring substituents is 1. The van der Waals surface area contributed by atoms with Crippen molar-refractivity contribution >= 4 is 17.6 Å². The summed E-state index contributed by atoms with van der Waals surface area (Å²) in [6.07, 6.45) is 0. The Labute approximate surface area is 121 Å². The predicted molar refractivity (Wildman–Crippen MR) is 72.9 cm³/mol. The van der Waals surface area contributed by atoms with Gasteiger partial charge in [0.2, 0.25) is 0 Å². The van der Waals surface area contributed by atoms with Crippen molar-refractivity contribution in [1.82, 2.24) is 4.90 Å². The van der Waals surface area contributed by atoms with Gasteiger partial charge in [0.25, 0.3) is 11.6 Å². The van der Waals surface area contributed by atoms with E-state index in [1.165, 1.54) is 31.3 Å². The molecule has 0 bridgehead atoms. The summed E-state index contributed by atoms with van der Waals surface area (Å²) < 4.78 is 9.89. The predicted octanol–water partition coefficient (Wildman–Crippen LogP) is 0.995. The van der Waals surface area contributed by atoms with Gasteiger partial charge in [-0.2, -0.15) is 0 Å². The fourth-order valence-electron chi connectivity index (χ4n) is 1.43. The molecule has 0 aliphatic heterocycles. The molecular weight excluding hydrogens is 280 g/mol. The van der Waals surface area contributed by atoms with Crippen molar-refractivity contribution in [3.63, 3.8) is 0 Å². The van der Waals surface area contributed by atoms with Gasteiger partial charge in [-0.3, -0.25) is 19.7 Å². The van der Waals surface area contributed by atoms with Crippen LogP contribution in [0.25, 0.3) is 0 Å². The van der Waals surface area contributed by atoms with Crippen LogP contribution in [-0.4, -0.2) is 48.5 Å². The lowest BCUT2D eigenvalue weighted by molar-refractivity contribution is -0.384. The minimum absolute atomic E-state index is 0.125. The van der Waals surface area contributed by atoms with Crippen LogP contribution in [0.2, 0.25) is 0 Å². The fraction of sp³-hybridized carbons (Fsp3) is 0.385. The maximum atomic E-state index is 11.7. The van der Waals surface area contributed by atoms with Crippen LogP contribution >= 0.6 is 0 Å². The molecule has 0 N–H and O–H groups in total. The second-order valence-electron chi connectivity index (χ2n) is 4.10. The van der Waals surface area contributed by atoms with Gasteiger partial charge in [0.05, 0.1) is 17.6 Å². The third-order valence-electron chi connectivity index (χ3n) is 2.49. The van der Waals surface area contributed by atoms with Crippen LogP contribution in [0.4, 0.5) is 5.69 Å². The van der Waals surface area contributed by atoms with E-state index in [9.17, 15) is 19.7 Å². The first kappa shape index (κ1) is 16.4. The molecule has 0 unspecified atom stereocenters. The summed E-state index contributed by atoms with van der Waals surface area (Å²) in [6, 6.07) is 5.51. The van der Waals surface area contributed by atoms with E-state index in [1.807, 2.05) is 0 Å². The van der Waals surface area contributed by atoms with Crippen molar-refractivity contribution in [1.29, 1.82) is 0 Å². The lowest BCUT2D eigenvalue weighted by Gasteiger charge is -2.16. The number of hydrogen-bond donors (Lipinski definition) is 0. The third kappa shape index (κ3) is 5.47. The number of nitro benzene ring substituents is 1. The van der Waals surface area contributed by atoms with Crippen LogP contribution in [0.3, 0.4) is 0 Å². The second-order valence-corrected chi connectivity index (χ2v) is 4.10. The second kappa shape index (κ2) is 7.83. The number of benzene rings is 1. The number of rotatable bonds is 7. The van der Waals surface area contributed by atoms with E-state index in [1.54, 1.807) is 6.92 Å². The molecule has 0 atom stereocenters. The first-order valence-electron chi connectivity index (χ1n) is 6.21. The SMILES string of the molecule is CCOC(=O)CN(C)C(=O)COc1cccc([N+](=O)[O-])c1. The van der Waals surface area contributed by atoms with E-state index >= 15 is 0 Å². The number of esters is 1. The van der Waals surface area contributed by atoms with Gasteiger partial charge in [0, 0.05) is 13.1 Å². The molecule has 21 heavy (non-hydrogen) atoms. The van der Waals surface area contributed by atoms with Gasteiger partial charge in [-0.25, -0.2) is 0 Å². The van der Waals surface area contributed by atoms with Gasteiger partial charge >= 0.3 is 5.97 Å². The molecule has 8 heteroatoms. The molecule has 0 aliphatic carbocycles. The maximum absolute atomic E-state index is 11.7. The van der Waals surface area contributed by atoms with Crippen molar-refractivity contribution in [2.24, 2.45) is 0 Å². The smallest absolute Gasteiger partial charge is 0.325 e. The molecule has 0 radical (unpaired) electrons. The van der Waals surface area contributed by atoms with Gasteiger partial charge in [-0.1, -0.05) is 6.07 Å². The monoisotopic (exact) mass is 296 g/mol. The molecule has 0 spiro atoms. The van der Waals surface area contributed by atoms with Gasteiger partial charge in [0.15, 0.2) is 6.61 Å². The first-order valence-corrected chi connectivity index (χ1v) is 6.21. The molecule has 114 valence electrons. The van der Waals surface area contributed by atoms with Crippen molar-refractivity contribution in [3.8, 4) is 5.75 Å². The Morgan fingerprint density at radius 2 is 2.10 bits per heavy atom. The van der Waals surface area contributed by atoms with Crippen molar-refractivity contribution in [3.05, 3.63) is 34.4 Å². The number of hydrogen-bond acceptors (Lipinski definition) is 6. The Bertz CT molecular complexity index is 531. The Morgan fingerprint density at radius 1 is 1.38 bits per heavy atom. The summed E-state index contributed by atoms with van der Waals surface area (Å²) in [4.78, 5) is 34.2. The Morgan fingerprint density at radius 3 is 2.71 bits per heavy atom. The minimum Gasteiger partial charge on any atom is -0.484 e. The van der Waals surface area contributed by atoms with E-state index in [0.717, 1.165) is 4.90 Å². The Hall–Kier alpha value is -2.64. The molecule has 1 rings (SSSR count). The lowest BCUT2D eigenvalue weighted by Crippen LogP contribution is -2.36. The molecule has 0 saturated carbocycles. The summed E-state index contributed by atoms with van der Waals surface area (Å²) in [5.41, 5.74) is -0.125. The van der Waals surface area contributed by atoms with Crippen molar-refractivity contribution in [2.45, 2.75) is 6.92 Å². The number of carbonyl (C=O) groups is 2. The van der Waals surface area contributed by atoms with Gasteiger partial charge in [-0.15, -0.1) is 0 Å². The molecule has 1 aromatic rings. The number of likely N-dealkylation sites (N-methyl/N-ethyl adjacent to an activating group) is 1. The lowest BCUT2D eigenvalue weighted by atomic mass is 10.3. The number of nitrogens with zero attached hydrogens (tertiary/aromatic N) is 2. The third-order valence-corrected chi connectivity index (χ3v) is 2.49. The van der Waals surface area contributed by atoms with E-state index in [4.69, 9.17) is 9.47 Å². The van der Waals surface area contributed by atoms with E-state index in [0.29, 0.717) is 0 Å². The van der Waals surface area contributed by atoms with Crippen LogP contribution in [0.15, 0.2) is 24.3 Å². The largest absolute Gasteiger partial charge is 0.484 e. The average Bonchev–Trinajstić information content (AvgIpc) is 2.45. The minimum atomic E-state index is -0.554. The molecule has 1 aromatic carbocycles. The maximum Gasteiger partial charge on any atom is 0.325 e. The molecule has 0 aliphatic rings. The first-order chi connectivity index (χ1) is 9.93. The highest BCUT2D eigenvalue weighted by Crippen LogP contribution is 2.18. The molecule has 1 amide bonds. The Balaban J connectivity index is 2.50. The zero-order chi connectivity index (χ0) is 15.8. The number of amides is 1. The molecule has 8 nitrogen and oxygen atoms in total. The normalized spacial score (nSPS) is 9.81. The molecule has 0 saturated heterocycles. The van der Waals surface area contributed by atoms with Gasteiger partial charge < -0.3 is 14.4 Å². The number of ether oxygens (including phenoxy) is 2. The van der Waals surface area contributed by atoms with Crippen LogP contribution in [0, 0.1) is 10.1 Å². The van der Waals surface area contributed by atoms with E-state index in [2.05, 4.69) is 0 Å². The zero-order valence-electron chi connectivity index (χ0n) is 11.8. The van der Waals surface area contributed by atoms with E-state index < -0.39 is 16.8 Å². The molecule has 0 fully saturated rings. The quantitative estimate of drug-likeness (QED) is 0.423. The van der Waals surface area contributed by atoms with Crippen LogP contribution in [0.1, 0.15) is 6.92 Å². The van der Waals surface area contributed by atoms with Crippen LogP contribution in [-0.2, 0) is 14.3 Å². The van der Waals surface area contributed by atoms with Gasteiger partial charge in [-0.05, 0) is 13.0 Å². The highest BCUT2D eigenvalue weighted by molar-refractivity contribution is 5.82. The standard InChI is InChI=1S/C13H16N2O6/c1-3-20-13(17)8-14(2)12(16)9-21-11-6-4-5-10(7-11)15(18)19/h4-7H,3,8-9H2,1-2H3. The summed E-state index contributed by atoms with van der Waals surface area (Å²) in [5.74, 6) is -0.736.